The molecule has 2 N–H and O–H groups in total. The van der Waals surface area contributed by atoms with E-state index in [4.69, 9.17) is 9.47 Å². The summed E-state index contributed by atoms with van der Waals surface area (Å²) in [7, 11) is 0. The van der Waals surface area contributed by atoms with E-state index in [0.29, 0.717) is 0 Å². The molecule has 10 heteroatoms. The molecule has 220 valence electrons. The summed E-state index contributed by atoms with van der Waals surface area (Å²) in [5.74, 6) is -8.11. The van der Waals surface area contributed by atoms with Gasteiger partial charge >= 0.3 is 12.1 Å². The number of amides is 2. The number of benzene rings is 3. The van der Waals surface area contributed by atoms with E-state index in [9.17, 15) is 28.3 Å². The molecule has 0 radical (unpaired) electrons. The highest BCUT2D eigenvalue weighted by atomic mass is 19.3. The number of nitrogens with one attached hydrogen (secondary N) is 1. The van der Waals surface area contributed by atoms with Crippen molar-refractivity contribution in [2.24, 2.45) is 5.92 Å². The zero-order valence-corrected chi connectivity index (χ0v) is 23.0. The zero-order chi connectivity index (χ0) is 29.9. The highest BCUT2D eigenvalue weighted by Crippen LogP contribution is 2.44. The molecule has 3 aromatic rings. The lowest BCUT2D eigenvalue weighted by Crippen LogP contribution is -2.59. The first-order valence-corrected chi connectivity index (χ1v) is 13.8. The van der Waals surface area contributed by atoms with E-state index in [-0.39, 0.29) is 25.7 Å². The highest BCUT2D eigenvalue weighted by Gasteiger charge is 2.50. The third-order valence-electron chi connectivity index (χ3n) is 7.95. The lowest BCUT2D eigenvalue weighted by atomic mass is 9.93. The van der Waals surface area contributed by atoms with Gasteiger partial charge in [0.25, 0.3) is 5.92 Å². The second-order valence-electron chi connectivity index (χ2n) is 10.6. The molecule has 5 rings (SSSR count). The Labute approximate surface area is 242 Å². The number of piperidine rings is 1. The molecule has 42 heavy (non-hydrogen) atoms. The summed E-state index contributed by atoms with van der Waals surface area (Å²) in [4.78, 5) is 39.3. The number of carboxylic acid groups (broad SMARTS) is 1. The average molecular weight is 579 g/mol. The maximum Gasteiger partial charge on any atom is 0.407 e. The van der Waals surface area contributed by atoms with E-state index in [1.54, 1.807) is 6.92 Å². The van der Waals surface area contributed by atoms with Gasteiger partial charge in [0.15, 0.2) is 0 Å². The molecule has 1 aliphatic heterocycles. The van der Waals surface area contributed by atoms with E-state index in [2.05, 4.69) is 5.32 Å². The molecule has 0 spiro atoms. The monoisotopic (exact) mass is 578 g/mol. The number of carboxylic acids is 1. The fourth-order valence-corrected chi connectivity index (χ4v) is 5.60. The van der Waals surface area contributed by atoms with Crippen LogP contribution in [-0.2, 0) is 25.7 Å². The molecular weight excluding hydrogens is 546 g/mol. The van der Waals surface area contributed by atoms with Crippen LogP contribution in [0.15, 0.2) is 78.9 Å². The topological polar surface area (TPSA) is 105 Å². The molecule has 2 aliphatic rings. The standard InChI is InChI=1S/C32H32F2N2O6/c1-20(41-18-21-9-3-2-4-10-21)28(29(37)36-16-15-32(33,34)27(17-36)30(38)39)35-31(40)42-19-26-24-13-7-5-11-22(24)23-12-6-8-14-25(23)26/h2-14,20,26-28H,15-19H2,1H3,(H,35,40)(H,38,39). The second-order valence-corrected chi connectivity index (χ2v) is 10.6. The lowest BCUT2D eigenvalue weighted by molar-refractivity contribution is -0.170. The lowest BCUT2D eigenvalue weighted by Gasteiger charge is -2.38. The number of alkyl halides is 2. The first-order chi connectivity index (χ1) is 20.2. The van der Waals surface area contributed by atoms with Crippen molar-refractivity contribution in [3.63, 3.8) is 0 Å². The van der Waals surface area contributed by atoms with Crippen molar-refractivity contribution in [2.75, 3.05) is 19.7 Å². The van der Waals surface area contributed by atoms with Gasteiger partial charge in [0, 0.05) is 25.4 Å². The summed E-state index contributed by atoms with van der Waals surface area (Å²) in [6, 6.07) is 23.6. The largest absolute Gasteiger partial charge is 0.481 e. The number of likely N-dealkylation sites (tertiary alicyclic amines) is 1. The smallest absolute Gasteiger partial charge is 0.407 e. The summed E-state index contributed by atoms with van der Waals surface area (Å²) < 4.78 is 40.1. The third-order valence-corrected chi connectivity index (χ3v) is 7.95. The van der Waals surface area contributed by atoms with E-state index >= 15 is 0 Å². The summed E-state index contributed by atoms with van der Waals surface area (Å²) in [5.41, 5.74) is 5.00. The molecule has 3 aromatic carbocycles. The van der Waals surface area contributed by atoms with Crippen LogP contribution >= 0.6 is 0 Å². The van der Waals surface area contributed by atoms with Gasteiger partial charge in [0.1, 0.15) is 18.6 Å². The molecule has 3 unspecified atom stereocenters. The molecular formula is C32H32F2N2O6. The SMILES string of the molecule is CC(OCc1ccccc1)C(NC(=O)OCC1c2ccccc2-c2ccccc21)C(=O)N1CCC(F)(F)C(C(=O)O)C1. The Bertz CT molecular complexity index is 1400. The maximum absolute atomic E-state index is 14.3. The van der Waals surface area contributed by atoms with Gasteiger partial charge in [0.05, 0.1) is 12.7 Å². The van der Waals surface area contributed by atoms with Gasteiger partial charge < -0.3 is 24.8 Å². The number of fused-ring (bicyclic) bond motifs is 3. The van der Waals surface area contributed by atoms with E-state index in [1.807, 2.05) is 78.9 Å². The number of aliphatic carboxylic acids is 1. The van der Waals surface area contributed by atoms with Crippen LogP contribution in [0.2, 0.25) is 0 Å². The molecule has 0 saturated carbocycles. The van der Waals surface area contributed by atoms with Crippen LogP contribution in [-0.4, -0.2) is 65.7 Å². The van der Waals surface area contributed by atoms with Gasteiger partial charge in [-0.05, 0) is 34.7 Å². The molecule has 1 aliphatic carbocycles. The highest BCUT2D eigenvalue weighted by molar-refractivity contribution is 5.87. The number of carbonyl (C=O) groups is 3. The first kappa shape index (κ1) is 29.2. The number of carbonyl (C=O) groups excluding carboxylic acids is 2. The molecule has 1 heterocycles. The van der Waals surface area contributed by atoms with Gasteiger partial charge in [0.2, 0.25) is 5.91 Å². The van der Waals surface area contributed by atoms with Crippen LogP contribution in [0.25, 0.3) is 11.1 Å². The number of halogens is 2. The van der Waals surface area contributed by atoms with Crippen LogP contribution in [0.3, 0.4) is 0 Å². The predicted molar refractivity (Wildman–Crippen MR) is 150 cm³/mol. The van der Waals surface area contributed by atoms with Gasteiger partial charge in [-0.15, -0.1) is 0 Å². The Morgan fingerprint density at radius 1 is 0.976 bits per heavy atom. The van der Waals surface area contributed by atoms with Gasteiger partial charge in [-0.2, -0.15) is 0 Å². The predicted octanol–water partition coefficient (Wildman–Crippen LogP) is 5.07. The van der Waals surface area contributed by atoms with Crippen LogP contribution in [0.5, 0.6) is 0 Å². The number of hydrogen-bond acceptors (Lipinski definition) is 5. The number of nitrogens with zero attached hydrogens (tertiary/aromatic N) is 1. The Hall–Kier alpha value is -4.31. The summed E-state index contributed by atoms with van der Waals surface area (Å²) in [6.45, 7) is 0.687. The fourth-order valence-electron chi connectivity index (χ4n) is 5.60. The van der Waals surface area contributed by atoms with E-state index in [1.165, 1.54) is 0 Å². The summed E-state index contributed by atoms with van der Waals surface area (Å²) in [6.07, 6.45) is -2.56. The molecule has 0 aromatic heterocycles. The minimum absolute atomic E-state index is 0.0110. The number of alkyl carbamates (subject to hydrolysis) is 1. The van der Waals surface area contributed by atoms with Crippen molar-refractivity contribution >= 4 is 18.0 Å². The molecule has 8 nitrogen and oxygen atoms in total. The minimum Gasteiger partial charge on any atom is -0.481 e. The summed E-state index contributed by atoms with van der Waals surface area (Å²) >= 11 is 0. The zero-order valence-electron chi connectivity index (χ0n) is 23.0. The third kappa shape index (κ3) is 6.13. The normalized spacial score (nSPS) is 18.8. The molecule has 3 atom stereocenters. The molecule has 1 saturated heterocycles. The maximum atomic E-state index is 14.3. The van der Waals surface area contributed by atoms with Crippen molar-refractivity contribution in [2.45, 2.75) is 43.9 Å². The van der Waals surface area contributed by atoms with Crippen LogP contribution < -0.4 is 5.32 Å². The second kappa shape index (κ2) is 12.3. The van der Waals surface area contributed by atoms with Crippen molar-refractivity contribution < 1.29 is 37.7 Å². The van der Waals surface area contributed by atoms with Gasteiger partial charge in [-0.3, -0.25) is 9.59 Å². The minimum atomic E-state index is -3.45. The van der Waals surface area contributed by atoms with E-state index < -0.39 is 54.9 Å². The number of ether oxygens (including phenoxy) is 2. The van der Waals surface area contributed by atoms with Gasteiger partial charge in [-0.25, -0.2) is 13.6 Å². The van der Waals surface area contributed by atoms with Crippen molar-refractivity contribution in [3.05, 3.63) is 95.6 Å². The number of rotatable bonds is 9. The fraction of sp³-hybridized carbons (Fsp3) is 0.344. The number of hydrogen-bond donors (Lipinski definition) is 2. The van der Waals surface area contributed by atoms with Crippen LogP contribution in [0.1, 0.15) is 36.0 Å². The average Bonchev–Trinajstić information content (AvgIpc) is 3.31. The molecule has 1 fully saturated rings. The van der Waals surface area contributed by atoms with Crippen LogP contribution in [0, 0.1) is 5.92 Å². The van der Waals surface area contributed by atoms with Crippen LogP contribution in [0.4, 0.5) is 13.6 Å². The quantitative estimate of drug-likeness (QED) is 0.368. The van der Waals surface area contributed by atoms with Gasteiger partial charge in [-0.1, -0.05) is 78.9 Å². The first-order valence-electron chi connectivity index (χ1n) is 13.8. The van der Waals surface area contributed by atoms with Crippen molar-refractivity contribution in [3.8, 4) is 11.1 Å². The van der Waals surface area contributed by atoms with Crippen molar-refractivity contribution in [1.29, 1.82) is 0 Å². The Balaban J connectivity index is 1.30. The Morgan fingerprint density at radius 3 is 2.19 bits per heavy atom. The Morgan fingerprint density at radius 2 is 1.57 bits per heavy atom. The van der Waals surface area contributed by atoms with E-state index in [0.717, 1.165) is 32.7 Å². The summed E-state index contributed by atoms with van der Waals surface area (Å²) in [5, 5.41) is 11.9. The Kier molecular flexibility index (Phi) is 8.54. The molecule has 0 bridgehead atoms. The molecule has 2 amide bonds. The van der Waals surface area contributed by atoms with Crippen molar-refractivity contribution in [1.82, 2.24) is 10.2 Å².